The maximum Gasteiger partial charge on any atom is 0.386 e. The molecule has 0 fully saturated rings. The number of hydrogen-bond acceptors (Lipinski definition) is 5. The predicted molar refractivity (Wildman–Crippen MR) is 164 cm³/mol. The van der Waals surface area contributed by atoms with E-state index in [1.807, 2.05) is 68.5 Å². The first kappa shape index (κ1) is 34.4. The molecule has 1 aromatic heterocycles. The van der Waals surface area contributed by atoms with Crippen LogP contribution in [0.2, 0.25) is 10.0 Å². The van der Waals surface area contributed by atoms with Crippen LogP contribution >= 0.6 is 23.2 Å². The second-order valence-corrected chi connectivity index (χ2v) is 8.80. The number of nitrogens with one attached hydrogen (secondary N) is 1. The Morgan fingerprint density at radius 2 is 1.68 bits per heavy atom. The lowest BCUT2D eigenvalue weighted by atomic mass is 9.96. The molecule has 0 aliphatic carbocycles. The molecule has 0 unspecified atom stereocenters. The highest BCUT2D eigenvalue weighted by atomic mass is 35.5. The van der Waals surface area contributed by atoms with Gasteiger partial charge in [0.1, 0.15) is 11.6 Å². The summed E-state index contributed by atoms with van der Waals surface area (Å²) in [5, 5.41) is 5.53. The van der Waals surface area contributed by atoms with E-state index in [9.17, 15) is 13.2 Å². The van der Waals surface area contributed by atoms with Crippen molar-refractivity contribution in [3.8, 4) is 28.0 Å². The van der Waals surface area contributed by atoms with E-state index in [0.29, 0.717) is 28.0 Å². The van der Waals surface area contributed by atoms with Crippen molar-refractivity contribution < 1.29 is 17.9 Å². The van der Waals surface area contributed by atoms with Gasteiger partial charge in [-0.3, -0.25) is 5.43 Å². The Bertz CT molecular complexity index is 1300. The number of hydrazone groups is 1. The van der Waals surface area contributed by atoms with Crippen LogP contribution in [0.15, 0.2) is 89.1 Å². The summed E-state index contributed by atoms with van der Waals surface area (Å²) in [6.45, 7) is 7.84. The molecule has 3 aromatic rings. The Kier molecular flexibility index (Phi) is 15.4. The Balaban J connectivity index is 0.000000773. The fourth-order valence-corrected chi connectivity index (χ4v) is 3.42. The topological polar surface area (TPSA) is 58.9 Å². The largest absolute Gasteiger partial charge is 0.497 e. The highest BCUT2D eigenvalue weighted by molar-refractivity contribution is 6.33. The molecular weight excluding hydrogens is 560 g/mol. The monoisotopic (exact) mass is 592 g/mol. The minimum atomic E-state index is -4.00. The van der Waals surface area contributed by atoms with Gasteiger partial charge in [-0.25, -0.2) is 4.98 Å². The molecule has 1 N–H and O–H groups in total. The lowest BCUT2D eigenvalue weighted by Gasteiger charge is -2.14. The van der Waals surface area contributed by atoms with Gasteiger partial charge in [0, 0.05) is 49.0 Å². The van der Waals surface area contributed by atoms with E-state index in [2.05, 4.69) is 27.1 Å². The molecule has 0 saturated heterocycles. The SMILES string of the molecule is C=C/C(=C/C)C/C=N/Nc1cc(-c2ccc(Cl)cc2)c(-c2ccc(OC)cc2Cl)cn1.CC(F)(F)F.CC=NC. The summed E-state index contributed by atoms with van der Waals surface area (Å²) < 4.78 is 36.3. The standard InChI is InChI=1S/C25H23Cl2N3O.C3H7N.C2H3F3/c1-4-17(5-2)12-13-29-30-25-15-22(18-6-8-19(26)9-7-18)23(16-28-25)21-11-10-20(31-3)14-24(21)27;1-3-4-2;1-2(3,4)5/h4-11,13-16H,1,12H2,2-3H3,(H,28,30);3H,1-2H3;1H3/b17-5-,29-13+;;. The molecular formula is C30H33Cl2F3N4O. The quantitative estimate of drug-likeness (QED) is 0.161. The molecule has 5 nitrogen and oxygen atoms in total. The second kappa shape index (κ2) is 17.9. The summed E-state index contributed by atoms with van der Waals surface area (Å²) in [6.07, 6.45) is 5.84. The van der Waals surface area contributed by atoms with E-state index in [-0.39, 0.29) is 6.92 Å². The molecule has 10 heteroatoms. The first-order valence-corrected chi connectivity index (χ1v) is 12.8. The van der Waals surface area contributed by atoms with Crippen LogP contribution in [0.4, 0.5) is 19.0 Å². The Morgan fingerprint density at radius 3 is 2.17 bits per heavy atom. The Morgan fingerprint density at radius 1 is 1.05 bits per heavy atom. The van der Waals surface area contributed by atoms with E-state index < -0.39 is 6.18 Å². The number of pyridine rings is 1. The Labute approximate surface area is 244 Å². The van der Waals surface area contributed by atoms with Crippen LogP contribution < -0.4 is 10.2 Å². The van der Waals surface area contributed by atoms with Crippen LogP contribution in [0.25, 0.3) is 22.3 Å². The van der Waals surface area contributed by atoms with Gasteiger partial charge in [0.05, 0.1) is 12.1 Å². The number of aliphatic imine (C=N–C) groups is 1. The van der Waals surface area contributed by atoms with Gasteiger partial charge in [0.25, 0.3) is 0 Å². The summed E-state index contributed by atoms with van der Waals surface area (Å²) in [7, 11) is 3.36. The van der Waals surface area contributed by atoms with E-state index in [4.69, 9.17) is 27.9 Å². The number of ether oxygens (including phenoxy) is 1. The second-order valence-electron chi connectivity index (χ2n) is 7.96. The lowest BCUT2D eigenvalue weighted by molar-refractivity contribution is -0.110. The van der Waals surface area contributed by atoms with Gasteiger partial charge in [0.2, 0.25) is 0 Å². The van der Waals surface area contributed by atoms with Crippen molar-refractivity contribution >= 4 is 41.4 Å². The van der Waals surface area contributed by atoms with Crippen LogP contribution in [0.1, 0.15) is 27.2 Å². The van der Waals surface area contributed by atoms with Gasteiger partial charge in [-0.15, -0.1) is 0 Å². The molecule has 1 heterocycles. The van der Waals surface area contributed by atoms with E-state index in [1.165, 1.54) is 0 Å². The number of methoxy groups -OCH3 is 1. The van der Waals surface area contributed by atoms with Gasteiger partial charge in [-0.2, -0.15) is 18.3 Å². The molecule has 40 heavy (non-hydrogen) atoms. The number of allylic oxidation sites excluding steroid dienone is 3. The van der Waals surface area contributed by atoms with Gasteiger partial charge in [-0.1, -0.05) is 54.1 Å². The van der Waals surface area contributed by atoms with E-state index in [1.54, 1.807) is 38.8 Å². The number of anilines is 1. The third-order valence-corrected chi connectivity index (χ3v) is 5.58. The van der Waals surface area contributed by atoms with Crippen molar-refractivity contribution in [2.45, 2.75) is 33.4 Å². The van der Waals surface area contributed by atoms with Gasteiger partial charge in [0.15, 0.2) is 0 Å². The van der Waals surface area contributed by atoms with E-state index >= 15 is 0 Å². The van der Waals surface area contributed by atoms with Gasteiger partial charge < -0.3 is 9.73 Å². The zero-order valence-corrected chi connectivity index (χ0v) is 24.6. The third kappa shape index (κ3) is 13.0. The van der Waals surface area contributed by atoms with Crippen molar-refractivity contribution in [3.05, 3.63) is 89.1 Å². The van der Waals surface area contributed by atoms with Gasteiger partial charge >= 0.3 is 6.18 Å². The molecule has 0 radical (unpaired) electrons. The molecule has 214 valence electrons. The fraction of sp³-hybridized carbons (Fsp3) is 0.233. The predicted octanol–water partition coefficient (Wildman–Crippen LogP) is 9.93. The molecule has 0 bridgehead atoms. The summed E-state index contributed by atoms with van der Waals surface area (Å²) >= 11 is 12.6. The van der Waals surface area contributed by atoms with Crippen LogP contribution in [-0.4, -0.2) is 37.7 Å². The first-order chi connectivity index (χ1) is 19.0. The number of nitrogens with zero attached hydrogens (tertiary/aromatic N) is 3. The maximum absolute atomic E-state index is 10.4. The van der Waals surface area contributed by atoms with Crippen LogP contribution in [-0.2, 0) is 0 Å². The van der Waals surface area contributed by atoms with Crippen molar-refractivity contribution in [1.29, 1.82) is 0 Å². The number of benzene rings is 2. The fourth-order valence-electron chi connectivity index (χ4n) is 3.02. The molecule has 3 rings (SSSR count). The normalized spacial score (nSPS) is 11.4. The molecule has 0 aliphatic heterocycles. The smallest absolute Gasteiger partial charge is 0.386 e. The molecule has 2 aromatic carbocycles. The number of hydrogen-bond donors (Lipinski definition) is 1. The minimum Gasteiger partial charge on any atom is -0.497 e. The summed E-state index contributed by atoms with van der Waals surface area (Å²) in [5.74, 6) is 1.32. The number of aromatic nitrogens is 1. The van der Waals surface area contributed by atoms with Crippen LogP contribution in [0, 0.1) is 0 Å². The van der Waals surface area contributed by atoms with Crippen molar-refractivity contribution in [3.63, 3.8) is 0 Å². The lowest BCUT2D eigenvalue weighted by Crippen LogP contribution is -1.96. The number of rotatable bonds is 8. The average molecular weight is 594 g/mol. The van der Waals surface area contributed by atoms with Crippen molar-refractivity contribution in [1.82, 2.24) is 4.98 Å². The molecule has 0 atom stereocenters. The molecule has 0 amide bonds. The summed E-state index contributed by atoms with van der Waals surface area (Å²) in [4.78, 5) is 8.13. The third-order valence-electron chi connectivity index (χ3n) is 5.01. The molecule has 0 aliphatic rings. The van der Waals surface area contributed by atoms with Gasteiger partial charge in [-0.05, 0) is 73.2 Å². The van der Waals surface area contributed by atoms with Crippen molar-refractivity contribution in [2.75, 3.05) is 19.6 Å². The molecule has 0 spiro atoms. The van der Waals surface area contributed by atoms with Crippen LogP contribution in [0.3, 0.4) is 0 Å². The zero-order chi connectivity index (χ0) is 30.1. The minimum absolute atomic E-state index is 0.188. The summed E-state index contributed by atoms with van der Waals surface area (Å²) in [5.41, 5.74) is 7.80. The Hall–Kier alpha value is -3.62. The highest BCUT2D eigenvalue weighted by Crippen LogP contribution is 2.38. The zero-order valence-electron chi connectivity index (χ0n) is 23.1. The number of alkyl halides is 3. The van der Waals surface area contributed by atoms with Crippen molar-refractivity contribution in [2.24, 2.45) is 10.1 Å². The van der Waals surface area contributed by atoms with Crippen LogP contribution in [0.5, 0.6) is 5.75 Å². The maximum atomic E-state index is 10.4. The highest BCUT2D eigenvalue weighted by Gasteiger charge is 2.16. The molecule has 0 saturated carbocycles. The summed E-state index contributed by atoms with van der Waals surface area (Å²) in [6, 6.07) is 15.2. The van der Waals surface area contributed by atoms with E-state index in [0.717, 1.165) is 27.8 Å². The first-order valence-electron chi connectivity index (χ1n) is 12.1. The number of halogens is 5. The average Bonchev–Trinajstić information content (AvgIpc) is 2.93.